The lowest BCUT2D eigenvalue weighted by atomic mass is 10.1. The van der Waals surface area contributed by atoms with Gasteiger partial charge in [0.25, 0.3) is 0 Å². The Labute approximate surface area is 116 Å². The van der Waals surface area contributed by atoms with Crippen LogP contribution in [0.15, 0.2) is 36.5 Å². The highest BCUT2D eigenvalue weighted by Gasteiger charge is 2.20. The molecule has 0 bridgehead atoms. The summed E-state index contributed by atoms with van der Waals surface area (Å²) in [5.74, 6) is 0.543. The molecule has 1 unspecified atom stereocenters. The Morgan fingerprint density at radius 3 is 2.90 bits per heavy atom. The van der Waals surface area contributed by atoms with Crippen molar-refractivity contribution in [1.29, 1.82) is 0 Å². The first kappa shape index (κ1) is 12.6. The summed E-state index contributed by atoms with van der Waals surface area (Å²) >= 11 is 0. The van der Waals surface area contributed by atoms with Gasteiger partial charge < -0.3 is 15.6 Å². The molecule has 1 aromatic heterocycles. The summed E-state index contributed by atoms with van der Waals surface area (Å²) in [5.41, 5.74) is 7.56. The first-order valence-electron chi connectivity index (χ1n) is 6.38. The second-order valence-electron chi connectivity index (χ2n) is 4.77. The monoisotopic (exact) mass is 270 g/mol. The van der Waals surface area contributed by atoms with Gasteiger partial charge in [0.2, 0.25) is 11.8 Å². The predicted molar refractivity (Wildman–Crippen MR) is 72.6 cm³/mol. The lowest BCUT2D eigenvalue weighted by Crippen LogP contribution is -2.10. The Kier molecular flexibility index (Phi) is 3.12. The maximum absolute atomic E-state index is 10.9. The highest BCUT2D eigenvalue weighted by Crippen LogP contribution is 2.34. The van der Waals surface area contributed by atoms with Crippen molar-refractivity contribution in [3.8, 4) is 11.6 Å². The van der Waals surface area contributed by atoms with Gasteiger partial charge in [0, 0.05) is 12.3 Å². The van der Waals surface area contributed by atoms with Crippen LogP contribution in [0.1, 0.15) is 34.0 Å². The number of hydrogen-bond acceptors (Lipinski definition) is 4. The molecule has 1 aliphatic carbocycles. The number of carbonyl (C=O) groups excluding carboxylic acids is 1. The Balaban J connectivity index is 1.79. The van der Waals surface area contributed by atoms with Gasteiger partial charge in [0.05, 0.1) is 11.7 Å². The number of nitrogens with zero attached hydrogens (tertiary/aromatic N) is 1. The van der Waals surface area contributed by atoms with Gasteiger partial charge in [0.15, 0.2) is 0 Å². The number of aliphatic hydroxyl groups is 1. The van der Waals surface area contributed by atoms with E-state index in [0.717, 1.165) is 24.0 Å². The molecule has 1 heterocycles. The summed E-state index contributed by atoms with van der Waals surface area (Å²) in [6, 6.07) is 8.76. The van der Waals surface area contributed by atoms with E-state index in [1.165, 1.54) is 6.20 Å². The number of pyridine rings is 1. The van der Waals surface area contributed by atoms with E-state index >= 15 is 0 Å². The maximum atomic E-state index is 10.9. The van der Waals surface area contributed by atoms with Crippen molar-refractivity contribution in [3.05, 3.63) is 53.2 Å². The molecule has 3 N–H and O–H groups in total. The standard InChI is InChI=1S/C15H14N2O3/c16-15(19)10-2-6-14(17-8-10)20-11-3-4-12-9(7-11)1-5-13(12)18/h2-4,6-8,13,18H,1,5H2,(H2,16,19). The molecular formula is C15H14N2O3. The molecule has 1 atom stereocenters. The van der Waals surface area contributed by atoms with Crippen molar-refractivity contribution < 1.29 is 14.6 Å². The van der Waals surface area contributed by atoms with Crippen LogP contribution in [0.3, 0.4) is 0 Å². The average Bonchev–Trinajstić information content (AvgIpc) is 2.81. The van der Waals surface area contributed by atoms with Gasteiger partial charge >= 0.3 is 0 Å². The fraction of sp³-hybridized carbons (Fsp3) is 0.200. The van der Waals surface area contributed by atoms with Gasteiger partial charge in [-0.1, -0.05) is 6.07 Å². The molecule has 2 aromatic rings. The average molecular weight is 270 g/mol. The van der Waals surface area contributed by atoms with Crippen LogP contribution in [-0.4, -0.2) is 16.0 Å². The van der Waals surface area contributed by atoms with Crippen LogP contribution in [0.5, 0.6) is 11.6 Å². The SMILES string of the molecule is NC(=O)c1ccc(Oc2ccc3c(c2)CCC3O)nc1. The normalized spacial score (nSPS) is 16.8. The summed E-state index contributed by atoms with van der Waals surface area (Å²) < 4.78 is 5.63. The number of amides is 1. The highest BCUT2D eigenvalue weighted by atomic mass is 16.5. The molecule has 1 amide bonds. The first-order valence-corrected chi connectivity index (χ1v) is 6.38. The van der Waals surface area contributed by atoms with E-state index in [4.69, 9.17) is 10.5 Å². The zero-order chi connectivity index (χ0) is 14.1. The number of aryl methyl sites for hydroxylation is 1. The largest absolute Gasteiger partial charge is 0.439 e. The van der Waals surface area contributed by atoms with Crippen LogP contribution in [0.2, 0.25) is 0 Å². The molecule has 3 rings (SSSR count). The molecule has 0 saturated heterocycles. The van der Waals surface area contributed by atoms with Crippen LogP contribution in [0, 0.1) is 0 Å². The van der Waals surface area contributed by atoms with E-state index in [1.807, 2.05) is 12.1 Å². The minimum atomic E-state index is -0.518. The number of rotatable bonds is 3. The lowest BCUT2D eigenvalue weighted by Gasteiger charge is -2.08. The predicted octanol–water partition coefficient (Wildman–Crippen LogP) is 1.95. The Morgan fingerprint density at radius 1 is 1.35 bits per heavy atom. The molecule has 5 heteroatoms. The molecule has 0 saturated carbocycles. The fourth-order valence-corrected chi connectivity index (χ4v) is 2.34. The summed E-state index contributed by atoms with van der Waals surface area (Å²) in [4.78, 5) is 15.0. The van der Waals surface area contributed by atoms with Gasteiger partial charge in [-0.15, -0.1) is 0 Å². The first-order chi connectivity index (χ1) is 9.63. The number of primary amides is 1. The molecule has 1 aromatic carbocycles. The van der Waals surface area contributed by atoms with E-state index in [0.29, 0.717) is 17.2 Å². The number of nitrogens with two attached hydrogens (primary N) is 1. The molecular weight excluding hydrogens is 256 g/mol. The van der Waals surface area contributed by atoms with Crippen molar-refractivity contribution in [3.63, 3.8) is 0 Å². The van der Waals surface area contributed by atoms with Crippen LogP contribution in [0.4, 0.5) is 0 Å². The molecule has 0 fully saturated rings. The molecule has 0 spiro atoms. The van der Waals surface area contributed by atoms with Gasteiger partial charge in [-0.2, -0.15) is 0 Å². The van der Waals surface area contributed by atoms with Crippen molar-refractivity contribution in [2.45, 2.75) is 18.9 Å². The Morgan fingerprint density at radius 2 is 2.20 bits per heavy atom. The van der Waals surface area contributed by atoms with E-state index in [2.05, 4.69) is 4.98 Å². The molecule has 5 nitrogen and oxygen atoms in total. The maximum Gasteiger partial charge on any atom is 0.250 e. The molecule has 102 valence electrons. The Bertz CT molecular complexity index is 653. The summed E-state index contributed by atoms with van der Waals surface area (Å²) in [6.45, 7) is 0. The lowest BCUT2D eigenvalue weighted by molar-refractivity contribution is 0.1000. The highest BCUT2D eigenvalue weighted by molar-refractivity contribution is 5.92. The number of ether oxygens (including phenoxy) is 1. The smallest absolute Gasteiger partial charge is 0.250 e. The van der Waals surface area contributed by atoms with Crippen LogP contribution in [0.25, 0.3) is 0 Å². The second-order valence-corrected chi connectivity index (χ2v) is 4.77. The van der Waals surface area contributed by atoms with E-state index in [9.17, 15) is 9.90 Å². The third kappa shape index (κ3) is 2.35. The number of hydrogen-bond donors (Lipinski definition) is 2. The second kappa shape index (κ2) is 4.94. The van der Waals surface area contributed by atoms with Crippen molar-refractivity contribution >= 4 is 5.91 Å². The zero-order valence-electron chi connectivity index (χ0n) is 10.7. The van der Waals surface area contributed by atoms with Gasteiger partial charge in [-0.3, -0.25) is 4.79 Å². The third-order valence-electron chi connectivity index (χ3n) is 3.40. The van der Waals surface area contributed by atoms with Crippen molar-refractivity contribution in [1.82, 2.24) is 4.98 Å². The summed E-state index contributed by atoms with van der Waals surface area (Å²) in [5, 5.41) is 9.75. The van der Waals surface area contributed by atoms with E-state index in [1.54, 1.807) is 18.2 Å². The molecule has 1 aliphatic rings. The molecule has 0 radical (unpaired) electrons. The van der Waals surface area contributed by atoms with Crippen LogP contribution < -0.4 is 10.5 Å². The van der Waals surface area contributed by atoms with Crippen molar-refractivity contribution in [2.75, 3.05) is 0 Å². The third-order valence-corrected chi connectivity index (χ3v) is 3.40. The van der Waals surface area contributed by atoms with Crippen LogP contribution in [-0.2, 0) is 6.42 Å². The number of aromatic nitrogens is 1. The quantitative estimate of drug-likeness (QED) is 0.892. The zero-order valence-corrected chi connectivity index (χ0v) is 10.7. The minimum absolute atomic E-state index is 0.342. The summed E-state index contributed by atoms with van der Waals surface area (Å²) in [6.07, 6.45) is 2.62. The number of aliphatic hydroxyl groups excluding tert-OH is 1. The Hall–Kier alpha value is -2.40. The summed E-state index contributed by atoms with van der Waals surface area (Å²) in [7, 11) is 0. The van der Waals surface area contributed by atoms with Gasteiger partial charge in [-0.05, 0) is 42.2 Å². The van der Waals surface area contributed by atoms with Crippen LogP contribution >= 0.6 is 0 Å². The van der Waals surface area contributed by atoms with Gasteiger partial charge in [0.1, 0.15) is 5.75 Å². The molecule has 0 aliphatic heterocycles. The number of carbonyl (C=O) groups is 1. The fourth-order valence-electron chi connectivity index (χ4n) is 2.34. The van der Waals surface area contributed by atoms with E-state index < -0.39 is 5.91 Å². The van der Waals surface area contributed by atoms with E-state index in [-0.39, 0.29) is 6.10 Å². The topological polar surface area (TPSA) is 85.4 Å². The minimum Gasteiger partial charge on any atom is -0.439 e. The van der Waals surface area contributed by atoms with Crippen molar-refractivity contribution in [2.24, 2.45) is 5.73 Å². The number of benzene rings is 1. The van der Waals surface area contributed by atoms with Gasteiger partial charge in [-0.25, -0.2) is 4.98 Å². The number of fused-ring (bicyclic) bond motifs is 1. The molecule has 20 heavy (non-hydrogen) atoms.